The molecule has 0 bridgehead atoms. The molecular weight excluding hydrogens is 468 g/mol. The van der Waals surface area contributed by atoms with Crippen LogP contribution in [-0.2, 0) is 4.74 Å². The number of nitrogens with one attached hydrogen (secondary N) is 2. The largest absolute Gasteiger partial charge is 0.444 e. The summed E-state index contributed by atoms with van der Waals surface area (Å²) >= 11 is 0. The van der Waals surface area contributed by atoms with Crippen molar-refractivity contribution < 1.29 is 14.3 Å². The van der Waals surface area contributed by atoms with Gasteiger partial charge >= 0.3 is 6.09 Å². The van der Waals surface area contributed by atoms with E-state index in [1.807, 2.05) is 63.2 Å². The van der Waals surface area contributed by atoms with Crippen LogP contribution in [-0.4, -0.2) is 51.1 Å². The number of carbonyl (C=O) groups excluding carboxylic acids is 2. The Hall–Kier alpha value is -4.14. The molecule has 2 aromatic carbocycles. The zero-order valence-electron chi connectivity index (χ0n) is 21.7. The lowest BCUT2D eigenvalue weighted by molar-refractivity contribution is 0.0184. The molecule has 1 aliphatic rings. The molecule has 194 valence electrons. The number of hydrogen-bond donors (Lipinski definition) is 3. The van der Waals surface area contributed by atoms with Crippen LogP contribution in [0.3, 0.4) is 0 Å². The van der Waals surface area contributed by atoms with E-state index in [0.29, 0.717) is 36.0 Å². The van der Waals surface area contributed by atoms with Gasteiger partial charge < -0.3 is 26.0 Å². The molecule has 1 saturated heterocycles. The maximum Gasteiger partial charge on any atom is 0.410 e. The molecule has 0 radical (unpaired) electrons. The summed E-state index contributed by atoms with van der Waals surface area (Å²) in [6.45, 7) is 8.80. The first-order chi connectivity index (χ1) is 17.5. The second kappa shape index (κ2) is 10.5. The molecule has 9 heteroatoms. The molecule has 9 nitrogen and oxygen atoms in total. The van der Waals surface area contributed by atoms with E-state index >= 15 is 0 Å². The van der Waals surface area contributed by atoms with E-state index < -0.39 is 5.60 Å². The minimum Gasteiger partial charge on any atom is -0.444 e. The van der Waals surface area contributed by atoms with Crippen molar-refractivity contribution in [1.82, 2.24) is 14.9 Å². The average molecular weight is 503 g/mol. The fraction of sp³-hybridized carbons (Fsp3) is 0.357. The van der Waals surface area contributed by atoms with Crippen LogP contribution in [0.2, 0.25) is 0 Å². The van der Waals surface area contributed by atoms with Gasteiger partial charge in [0.2, 0.25) is 5.95 Å². The van der Waals surface area contributed by atoms with Crippen LogP contribution in [0.15, 0.2) is 60.9 Å². The Morgan fingerprint density at radius 1 is 1.00 bits per heavy atom. The number of amides is 2. The number of carbonyl (C=O) groups is 2. The summed E-state index contributed by atoms with van der Waals surface area (Å²) in [4.78, 5) is 35.6. The van der Waals surface area contributed by atoms with Gasteiger partial charge in [0.1, 0.15) is 5.60 Å². The number of anilines is 3. The molecule has 0 unspecified atom stereocenters. The minimum absolute atomic E-state index is 0.283. The lowest BCUT2D eigenvalue weighted by Crippen LogP contribution is -2.50. The third-order valence-corrected chi connectivity index (χ3v) is 6.25. The van der Waals surface area contributed by atoms with Crippen molar-refractivity contribution in [3.8, 4) is 11.1 Å². The SMILES string of the molecule is CC1(Nc2ncc(C(=O)Nc3cc(-c4ccccc4)ccc3N)cn2)CCN(C(=O)OC(C)(C)C)CC1. The molecule has 1 aromatic heterocycles. The normalized spacial score (nSPS) is 15.1. The summed E-state index contributed by atoms with van der Waals surface area (Å²) in [5.41, 5.74) is 8.60. The van der Waals surface area contributed by atoms with Crippen molar-refractivity contribution in [3.63, 3.8) is 0 Å². The quantitative estimate of drug-likeness (QED) is 0.411. The summed E-state index contributed by atoms with van der Waals surface area (Å²) in [5.74, 6) is 0.0794. The number of aromatic nitrogens is 2. The van der Waals surface area contributed by atoms with Crippen LogP contribution in [0, 0.1) is 0 Å². The standard InChI is InChI=1S/C28H34N6O3/c1-27(2,3)37-26(36)34-14-12-28(4,13-15-34)33-25-30-17-21(18-31-25)24(35)32-23-16-20(10-11-22(23)29)19-8-6-5-7-9-19/h5-11,16-18H,12-15,29H2,1-4H3,(H,32,35)(H,30,31,33). The van der Waals surface area contributed by atoms with Gasteiger partial charge in [0, 0.05) is 31.0 Å². The van der Waals surface area contributed by atoms with E-state index in [1.165, 1.54) is 12.4 Å². The maximum atomic E-state index is 12.9. The predicted octanol–water partition coefficient (Wildman–Crippen LogP) is 5.18. The van der Waals surface area contributed by atoms with E-state index in [1.54, 1.807) is 11.0 Å². The number of nitrogens with two attached hydrogens (primary N) is 1. The van der Waals surface area contributed by atoms with Gasteiger partial charge in [0.25, 0.3) is 5.91 Å². The third-order valence-electron chi connectivity index (χ3n) is 6.25. The molecule has 0 saturated carbocycles. The van der Waals surface area contributed by atoms with Gasteiger partial charge in [-0.1, -0.05) is 36.4 Å². The van der Waals surface area contributed by atoms with E-state index in [9.17, 15) is 9.59 Å². The first-order valence-corrected chi connectivity index (χ1v) is 12.4. The van der Waals surface area contributed by atoms with Gasteiger partial charge in [0.15, 0.2) is 0 Å². The molecular formula is C28H34N6O3. The number of rotatable bonds is 5. The Balaban J connectivity index is 1.36. The zero-order valence-corrected chi connectivity index (χ0v) is 21.7. The van der Waals surface area contributed by atoms with Crippen molar-refractivity contribution in [3.05, 3.63) is 66.5 Å². The van der Waals surface area contributed by atoms with Crippen LogP contribution in [0.25, 0.3) is 11.1 Å². The van der Waals surface area contributed by atoms with Gasteiger partial charge in [-0.3, -0.25) is 4.79 Å². The lowest BCUT2D eigenvalue weighted by Gasteiger charge is -2.40. The number of nitrogen functional groups attached to an aromatic ring is 1. The Morgan fingerprint density at radius 2 is 1.65 bits per heavy atom. The molecule has 4 N–H and O–H groups in total. The van der Waals surface area contributed by atoms with Crippen LogP contribution in [0.5, 0.6) is 0 Å². The van der Waals surface area contributed by atoms with Gasteiger partial charge in [-0.05, 0) is 63.8 Å². The first-order valence-electron chi connectivity index (χ1n) is 12.4. The number of likely N-dealkylation sites (tertiary alicyclic amines) is 1. The molecule has 0 atom stereocenters. The highest BCUT2D eigenvalue weighted by atomic mass is 16.6. The van der Waals surface area contributed by atoms with Gasteiger partial charge in [-0.2, -0.15) is 0 Å². The number of benzene rings is 2. The Morgan fingerprint density at radius 3 is 2.27 bits per heavy atom. The molecule has 4 rings (SSSR count). The Bertz CT molecular complexity index is 1250. The summed E-state index contributed by atoms with van der Waals surface area (Å²) in [6.07, 6.45) is 4.11. The highest BCUT2D eigenvalue weighted by Crippen LogP contribution is 2.28. The van der Waals surface area contributed by atoms with Crippen LogP contribution in [0.1, 0.15) is 50.9 Å². The molecule has 2 amide bonds. The highest BCUT2D eigenvalue weighted by Gasteiger charge is 2.34. The molecule has 1 aliphatic heterocycles. The molecule has 0 spiro atoms. The molecule has 0 aliphatic carbocycles. The topological polar surface area (TPSA) is 122 Å². The second-order valence-electron chi connectivity index (χ2n) is 10.6. The molecule has 2 heterocycles. The van der Waals surface area contributed by atoms with Crippen LogP contribution in [0.4, 0.5) is 22.1 Å². The number of hydrogen-bond acceptors (Lipinski definition) is 7. The highest BCUT2D eigenvalue weighted by molar-refractivity contribution is 6.05. The Kier molecular flexibility index (Phi) is 7.33. The van der Waals surface area contributed by atoms with Crippen molar-refractivity contribution in [1.29, 1.82) is 0 Å². The van der Waals surface area contributed by atoms with Gasteiger partial charge in [-0.15, -0.1) is 0 Å². The number of piperidine rings is 1. The first kappa shape index (κ1) is 25.9. The van der Waals surface area contributed by atoms with E-state index in [0.717, 1.165) is 24.0 Å². The fourth-order valence-corrected chi connectivity index (χ4v) is 4.08. The third kappa shape index (κ3) is 6.75. The molecule has 1 fully saturated rings. The number of nitrogens with zero attached hydrogens (tertiary/aromatic N) is 3. The van der Waals surface area contributed by atoms with Crippen molar-refractivity contribution in [2.75, 3.05) is 29.5 Å². The van der Waals surface area contributed by atoms with Gasteiger partial charge in [-0.25, -0.2) is 14.8 Å². The maximum absolute atomic E-state index is 12.9. The lowest BCUT2D eigenvalue weighted by atomic mass is 9.90. The summed E-state index contributed by atoms with van der Waals surface area (Å²) < 4.78 is 5.47. The van der Waals surface area contributed by atoms with Crippen molar-refractivity contribution in [2.45, 2.75) is 51.7 Å². The zero-order chi connectivity index (χ0) is 26.6. The monoisotopic (exact) mass is 502 g/mol. The smallest absolute Gasteiger partial charge is 0.410 e. The van der Waals surface area contributed by atoms with E-state index in [-0.39, 0.29) is 17.5 Å². The second-order valence-corrected chi connectivity index (χ2v) is 10.6. The number of ether oxygens (including phenoxy) is 1. The summed E-state index contributed by atoms with van der Waals surface area (Å²) in [7, 11) is 0. The average Bonchev–Trinajstić information content (AvgIpc) is 2.85. The van der Waals surface area contributed by atoms with Gasteiger partial charge in [0.05, 0.1) is 16.9 Å². The van der Waals surface area contributed by atoms with E-state index in [4.69, 9.17) is 10.5 Å². The molecule has 3 aromatic rings. The van der Waals surface area contributed by atoms with Crippen LogP contribution >= 0.6 is 0 Å². The predicted molar refractivity (Wildman–Crippen MR) is 145 cm³/mol. The summed E-state index contributed by atoms with van der Waals surface area (Å²) in [6, 6.07) is 15.4. The summed E-state index contributed by atoms with van der Waals surface area (Å²) in [5, 5.41) is 6.23. The van der Waals surface area contributed by atoms with Crippen LogP contribution < -0.4 is 16.4 Å². The van der Waals surface area contributed by atoms with E-state index in [2.05, 4.69) is 27.5 Å². The van der Waals surface area contributed by atoms with Crippen molar-refractivity contribution in [2.24, 2.45) is 0 Å². The molecule has 37 heavy (non-hydrogen) atoms. The fourth-order valence-electron chi connectivity index (χ4n) is 4.08. The van der Waals surface area contributed by atoms with Crippen molar-refractivity contribution >= 4 is 29.3 Å². The Labute approximate surface area is 217 Å². The minimum atomic E-state index is -0.519.